The summed E-state index contributed by atoms with van der Waals surface area (Å²) >= 11 is 0. The summed E-state index contributed by atoms with van der Waals surface area (Å²) in [6, 6.07) is 9.98. The van der Waals surface area contributed by atoms with Crippen molar-refractivity contribution in [2.45, 2.75) is 38.7 Å². The lowest BCUT2D eigenvalue weighted by atomic mass is 9.97. The van der Waals surface area contributed by atoms with Crippen molar-refractivity contribution in [3.05, 3.63) is 125 Å². The van der Waals surface area contributed by atoms with Crippen molar-refractivity contribution in [3.63, 3.8) is 0 Å². The van der Waals surface area contributed by atoms with Crippen LogP contribution >= 0.6 is 0 Å². The molecule has 5 aromatic rings. The van der Waals surface area contributed by atoms with Crippen LogP contribution < -0.4 is 4.74 Å². The van der Waals surface area contributed by atoms with Crippen LogP contribution in [0.4, 0.5) is 35.1 Å². The van der Waals surface area contributed by atoms with Gasteiger partial charge >= 0.3 is 6.11 Å². The van der Waals surface area contributed by atoms with Gasteiger partial charge in [0, 0.05) is 35.2 Å². The largest absolute Gasteiger partial charge is 0.432 e. The first-order valence-corrected chi connectivity index (χ1v) is 13.9. The third-order valence-electron chi connectivity index (χ3n) is 7.06. The van der Waals surface area contributed by atoms with Crippen molar-refractivity contribution >= 4 is 0 Å². The molecule has 0 aliphatic rings. The van der Waals surface area contributed by atoms with Crippen LogP contribution in [0.3, 0.4) is 0 Å². The summed E-state index contributed by atoms with van der Waals surface area (Å²) in [4.78, 5) is 8.62. The second-order valence-electron chi connectivity index (χ2n) is 10.3. The first kappa shape index (κ1) is 31.6. The Morgan fingerprint density at radius 3 is 1.78 bits per heavy atom. The van der Waals surface area contributed by atoms with Gasteiger partial charge in [0.15, 0.2) is 17.5 Å². The van der Waals surface area contributed by atoms with E-state index in [1.807, 2.05) is 0 Å². The number of hydrogen-bond acceptors (Lipinski definition) is 3. The Bertz CT molecular complexity index is 1820. The monoisotopic (exact) mass is 628 g/mol. The molecule has 0 saturated carbocycles. The minimum absolute atomic E-state index is 0.0297. The number of unbranched alkanes of at least 4 members (excludes halogenated alkanes) is 2. The highest BCUT2D eigenvalue weighted by molar-refractivity contribution is 5.73. The molecule has 5 rings (SSSR count). The molecule has 0 bridgehead atoms. The smallest absolute Gasteiger partial charge is 0.429 e. The third kappa shape index (κ3) is 6.97. The van der Waals surface area contributed by atoms with Crippen molar-refractivity contribution in [1.82, 2.24) is 9.97 Å². The van der Waals surface area contributed by atoms with Crippen LogP contribution in [0.25, 0.3) is 33.6 Å². The van der Waals surface area contributed by atoms with E-state index in [1.54, 1.807) is 18.5 Å². The zero-order valence-electron chi connectivity index (χ0n) is 23.7. The van der Waals surface area contributed by atoms with Crippen molar-refractivity contribution in [2.24, 2.45) is 0 Å². The molecule has 4 aromatic carbocycles. The maximum absolute atomic E-state index is 15.2. The lowest BCUT2D eigenvalue weighted by Crippen LogP contribution is -2.25. The van der Waals surface area contributed by atoms with E-state index in [-0.39, 0.29) is 16.7 Å². The van der Waals surface area contributed by atoms with Crippen LogP contribution in [-0.4, -0.2) is 9.97 Å². The maximum atomic E-state index is 15.2. The fraction of sp³-hybridized carbons (Fsp3) is 0.176. The Kier molecular flexibility index (Phi) is 9.17. The number of nitrogens with zero attached hydrogens (tertiary/aromatic N) is 2. The number of aryl methyl sites for hydroxylation is 1. The molecule has 0 amide bonds. The number of rotatable bonds is 10. The molecule has 11 heteroatoms. The highest BCUT2D eigenvalue weighted by Gasteiger charge is 2.41. The van der Waals surface area contributed by atoms with Crippen LogP contribution in [0.1, 0.15) is 37.3 Å². The summed E-state index contributed by atoms with van der Waals surface area (Å²) in [6.45, 7) is 2.11. The predicted octanol–water partition coefficient (Wildman–Crippen LogP) is 10.2. The number of aromatic nitrogens is 2. The zero-order chi connectivity index (χ0) is 32.3. The molecule has 1 heterocycles. The summed E-state index contributed by atoms with van der Waals surface area (Å²) in [7, 11) is 0. The molecule has 1 aromatic heterocycles. The molecule has 232 valence electrons. The minimum atomic E-state index is -4.63. The van der Waals surface area contributed by atoms with Gasteiger partial charge in [-0.1, -0.05) is 44.0 Å². The van der Waals surface area contributed by atoms with Gasteiger partial charge in [-0.25, -0.2) is 36.3 Å². The van der Waals surface area contributed by atoms with Gasteiger partial charge in [0.25, 0.3) is 0 Å². The molecule has 0 atom stereocenters. The number of benzene rings is 4. The summed E-state index contributed by atoms with van der Waals surface area (Å²) in [5.41, 5.74) is -1.07. The minimum Gasteiger partial charge on any atom is -0.429 e. The van der Waals surface area contributed by atoms with Gasteiger partial charge in [0.05, 0.1) is 0 Å². The van der Waals surface area contributed by atoms with Gasteiger partial charge in [-0.15, -0.1) is 0 Å². The number of hydrogen-bond donors (Lipinski definition) is 0. The van der Waals surface area contributed by atoms with E-state index in [1.165, 1.54) is 18.2 Å². The van der Waals surface area contributed by atoms with Crippen molar-refractivity contribution in [3.8, 4) is 39.4 Å². The standard InChI is InChI=1S/C34H24F8N2O/c1-2-3-4-5-19-17-43-33(44-18-19)21-7-10-24(28(37)13-21)20-6-9-25(27(36)12-20)22-14-30(39)32(31(40)15-22)34(41,42)45-23-8-11-26(35)29(38)16-23/h6-18H,2-5H2,1H3. The molecule has 3 nitrogen and oxygen atoms in total. The fourth-order valence-electron chi connectivity index (χ4n) is 4.76. The highest BCUT2D eigenvalue weighted by Crippen LogP contribution is 2.38. The summed E-state index contributed by atoms with van der Waals surface area (Å²) in [5.74, 6) is -8.67. The Labute approximate surface area is 253 Å². The molecular weight excluding hydrogens is 604 g/mol. The average molecular weight is 629 g/mol. The Hall–Kier alpha value is -4.80. The van der Waals surface area contributed by atoms with E-state index >= 15 is 8.78 Å². The van der Waals surface area contributed by atoms with E-state index in [9.17, 15) is 26.3 Å². The fourth-order valence-corrected chi connectivity index (χ4v) is 4.76. The number of halogens is 8. The maximum Gasteiger partial charge on any atom is 0.432 e. The molecule has 0 fully saturated rings. The molecule has 0 aliphatic carbocycles. The predicted molar refractivity (Wildman–Crippen MR) is 152 cm³/mol. The topological polar surface area (TPSA) is 35.0 Å². The number of ether oxygens (including phenoxy) is 1. The zero-order valence-corrected chi connectivity index (χ0v) is 23.7. The van der Waals surface area contributed by atoms with Gasteiger partial charge in [-0.05, 0) is 65.9 Å². The van der Waals surface area contributed by atoms with Crippen LogP contribution in [0.2, 0.25) is 0 Å². The number of alkyl halides is 2. The summed E-state index contributed by atoms with van der Waals surface area (Å²) in [5, 5.41) is 0. The van der Waals surface area contributed by atoms with E-state index < -0.39 is 57.9 Å². The van der Waals surface area contributed by atoms with Crippen LogP contribution in [0, 0.1) is 34.9 Å². The molecule has 0 unspecified atom stereocenters. The van der Waals surface area contributed by atoms with Crippen LogP contribution in [0.15, 0.2) is 79.1 Å². The quantitative estimate of drug-likeness (QED) is 0.114. The molecule has 45 heavy (non-hydrogen) atoms. The summed E-state index contributed by atoms with van der Waals surface area (Å²) in [6.07, 6.45) is 2.78. The van der Waals surface area contributed by atoms with Gasteiger partial charge in [0.2, 0.25) is 0 Å². The van der Waals surface area contributed by atoms with E-state index in [2.05, 4.69) is 21.6 Å². The van der Waals surface area contributed by atoms with Crippen molar-refractivity contribution in [2.75, 3.05) is 0 Å². The van der Waals surface area contributed by atoms with Gasteiger partial charge in [0.1, 0.15) is 34.6 Å². The molecular formula is C34H24F8N2O. The normalized spacial score (nSPS) is 11.6. The summed E-state index contributed by atoms with van der Waals surface area (Å²) < 4.78 is 120. The van der Waals surface area contributed by atoms with E-state index in [0.29, 0.717) is 41.7 Å². The third-order valence-corrected chi connectivity index (χ3v) is 7.06. The van der Waals surface area contributed by atoms with E-state index in [4.69, 9.17) is 0 Å². The molecule has 0 aliphatic heterocycles. The lowest BCUT2D eigenvalue weighted by molar-refractivity contribution is -0.189. The van der Waals surface area contributed by atoms with Gasteiger partial charge < -0.3 is 4.74 Å². The Morgan fingerprint density at radius 1 is 0.600 bits per heavy atom. The second-order valence-corrected chi connectivity index (χ2v) is 10.3. The van der Waals surface area contributed by atoms with Crippen LogP contribution in [0.5, 0.6) is 5.75 Å². The molecule has 0 radical (unpaired) electrons. The Morgan fingerprint density at radius 2 is 1.18 bits per heavy atom. The second kappa shape index (κ2) is 13.1. The average Bonchev–Trinajstić information content (AvgIpc) is 2.98. The molecule has 0 spiro atoms. The van der Waals surface area contributed by atoms with Gasteiger partial charge in [-0.3, -0.25) is 0 Å². The lowest BCUT2D eigenvalue weighted by Gasteiger charge is -2.20. The SMILES string of the molecule is CCCCCc1cnc(-c2ccc(-c3ccc(-c4cc(F)c(C(F)(F)Oc5ccc(F)c(F)c5)c(F)c4)c(F)c3)c(F)c2)nc1. The first-order valence-electron chi connectivity index (χ1n) is 13.9. The highest BCUT2D eigenvalue weighted by atomic mass is 19.3. The van der Waals surface area contributed by atoms with Crippen molar-refractivity contribution < 1.29 is 39.9 Å². The van der Waals surface area contributed by atoms with Crippen LogP contribution in [-0.2, 0) is 12.5 Å². The first-order chi connectivity index (χ1) is 21.5. The van der Waals surface area contributed by atoms with Crippen molar-refractivity contribution in [1.29, 1.82) is 0 Å². The van der Waals surface area contributed by atoms with Gasteiger partial charge in [-0.2, -0.15) is 8.78 Å². The van der Waals surface area contributed by atoms with E-state index in [0.717, 1.165) is 43.4 Å². The Balaban J connectivity index is 1.37. The molecule has 0 N–H and O–H groups in total. The molecule has 0 saturated heterocycles.